The van der Waals surface area contributed by atoms with Crippen LogP contribution in [0.25, 0.3) is 0 Å². The van der Waals surface area contributed by atoms with E-state index < -0.39 is 0 Å². The maximum absolute atomic E-state index is 12.4. The van der Waals surface area contributed by atoms with E-state index in [0.29, 0.717) is 19.8 Å². The number of nitrogens with zero attached hydrogens (tertiary/aromatic N) is 2. The largest absolute Gasteiger partial charge is 0.381 e. The zero-order chi connectivity index (χ0) is 15.9. The number of hydrogen-bond acceptors (Lipinski definition) is 4. The highest BCUT2D eigenvalue weighted by Gasteiger charge is 2.26. The molecule has 0 aliphatic carbocycles. The summed E-state index contributed by atoms with van der Waals surface area (Å²) in [5.41, 5.74) is 1.20. The highest BCUT2D eigenvalue weighted by Crippen LogP contribution is 2.24. The van der Waals surface area contributed by atoms with Crippen molar-refractivity contribution >= 4 is 5.91 Å². The second kappa shape index (κ2) is 8.41. The molecule has 0 radical (unpaired) electrons. The van der Waals surface area contributed by atoms with Crippen LogP contribution in [0.5, 0.6) is 0 Å². The number of aromatic nitrogens is 1. The summed E-state index contributed by atoms with van der Waals surface area (Å²) in [6.45, 7) is 4.29. The van der Waals surface area contributed by atoms with Gasteiger partial charge in [0.25, 0.3) is 0 Å². The van der Waals surface area contributed by atoms with Gasteiger partial charge in [-0.1, -0.05) is 12.5 Å². The molecule has 0 spiro atoms. The molecule has 1 N–H and O–H groups in total. The number of nitrogens with one attached hydrogen (secondary N) is 1. The Labute approximate surface area is 138 Å². The van der Waals surface area contributed by atoms with Gasteiger partial charge in [-0.15, -0.1) is 0 Å². The first kappa shape index (κ1) is 16.4. The number of likely N-dealkylation sites (tertiary alicyclic amines) is 1. The molecule has 1 atom stereocenters. The summed E-state index contributed by atoms with van der Waals surface area (Å²) >= 11 is 0. The van der Waals surface area contributed by atoms with Crippen molar-refractivity contribution in [3.63, 3.8) is 0 Å². The number of piperidine rings is 1. The monoisotopic (exact) mass is 317 g/mol. The maximum Gasteiger partial charge on any atom is 0.223 e. The third-order valence-corrected chi connectivity index (χ3v) is 4.96. The molecule has 2 fully saturated rings. The number of ether oxygens (including phenoxy) is 1. The van der Waals surface area contributed by atoms with Crippen LogP contribution in [-0.2, 0) is 9.53 Å². The molecule has 5 nitrogen and oxygen atoms in total. The molecule has 0 aromatic carbocycles. The third kappa shape index (κ3) is 4.52. The molecular weight excluding hydrogens is 290 g/mol. The minimum Gasteiger partial charge on any atom is -0.381 e. The van der Waals surface area contributed by atoms with Crippen LogP contribution in [0.1, 0.15) is 43.7 Å². The van der Waals surface area contributed by atoms with Crippen molar-refractivity contribution < 1.29 is 9.53 Å². The highest BCUT2D eigenvalue weighted by atomic mass is 16.5. The van der Waals surface area contributed by atoms with E-state index in [1.807, 2.05) is 12.3 Å². The zero-order valence-electron chi connectivity index (χ0n) is 13.7. The second-order valence-electron chi connectivity index (χ2n) is 6.53. The van der Waals surface area contributed by atoms with Crippen molar-refractivity contribution in [1.29, 1.82) is 0 Å². The van der Waals surface area contributed by atoms with Crippen LogP contribution in [0.15, 0.2) is 24.5 Å². The Morgan fingerprint density at radius 3 is 2.78 bits per heavy atom. The van der Waals surface area contributed by atoms with E-state index in [9.17, 15) is 4.79 Å². The SMILES string of the molecule is O=C(NCC(c1cccnc1)N1CCCCC1)C1CCOCC1. The predicted octanol–water partition coefficient (Wildman–Crippen LogP) is 2.15. The minimum absolute atomic E-state index is 0.111. The molecular formula is C18H27N3O2. The molecule has 5 heteroatoms. The summed E-state index contributed by atoms with van der Waals surface area (Å²) in [6.07, 6.45) is 9.21. The average Bonchev–Trinajstić information content (AvgIpc) is 2.64. The Hall–Kier alpha value is -1.46. The van der Waals surface area contributed by atoms with Gasteiger partial charge in [0.2, 0.25) is 5.91 Å². The van der Waals surface area contributed by atoms with Gasteiger partial charge >= 0.3 is 0 Å². The zero-order valence-corrected chi connectivity index (χ0v) is 13.7. The number of hydrogen-bond donors (Lipinski definition) is 1. The van der Waals surface area contributed by atoms with Crippen LogP contribution in [0.2, 0.25) is 0 Å². The van der Waals surface area contributed by atoms with Crippen LogP contribution in [0, 0.1) is 5.92 Å². The summed E-state index contributed by atoms with van der Waals surface area (Å²) < 4.78 is 5.34. The third-order valence-electron chi connectivity index (χ3n) is 4.96. The Balaban J connectivity index is 1.62. The molecule has 0 saturated carbocycles. The Morgan fingerprint density at radius 2 is 2.09 bits per heavy atom. The Bertz CT molecular complexity index is 482. The van der Waals surface area contributed by atoms with Crippen LogP contribution in [0.3, 0.4) is 0 Å². The standard InChI is InChI=1S/C18H27N3O2/c22-18(15-6-11-23-12-7-15)20-14-17(16-5-4-8-19-13-16)21-9-2-1-3-10-21/h4-5,8,13,15,17H,1-3,6-7,9-12,14H2,(H,20,22). The van der Waals surface area contributed by atoms with Crippen molar-refractivity contribution in [2.24, 2.45) is 5.92 Å². The van der Waals surface area contributed by atoms with Gasteiger partial charge in [0, 0.05) is 38.1 Å². The maximum atomic E-state index is 12.4. The highest BCUT2D eigenvalue weighted by molar-refractivity contribution is 5.78. The molecule has 126 valence electrons. The van der Waals surface area contributed by atoms with Gasteiger partial charge in [0.15, 0.2) is 0 Å². The van der Waals surface area contributed by atoms with Gasteiger partial charge in [0.05, 0.1) is 6.04 Å². The predicted molar refractivity (Wildman–Crippen MR) is 89.0 cm³/mol. The first-order valence-corrected chi connectivity index (χ1v) is 8.84. The number of carbonyl (C=O) groups is 1. The van der Waals surface area contributed by atoms with Crippen molar-refractivity contribution in [3.8, 4) is 0 Å². The van der Waals surface area contributed by atoms with E-state index in [-0.39, 0.29) is 17.9 Å². The molecule has 1 unspecified atom stereocenters. The lowest BCUT2D eigenvalue weighted by Gasteiger charge is -2.35. The molecule has 3 rings (SSSR count). The summed E-state index contributed by atoms with van der Waals surface area (Å²) in [5.74, 6) is 0.291. The number of amides is 1. The lowest BCUT2D eigenvalue weighted by atomic mass is 9.98. The lowest BCUT2D eigenvalue weighted by molar-refractivity contribution is -0.128. The molecule has 2 saturated heterocycles. The quantitative estimate of drug-likeness (QED) is 0.904. The normalized spacial score (nSPS) is 21.7. The van der Waals surface area contributed by atoms with Gasteiger partial charge in [-0.3, -0.25) is 14.7 Å². The van der Waals surface area contributed by atoms with Crippen LogP contribution in [-0.4, -0.2) is 48.6 Å². The number of rotatable bonds is 5. The van der Waals surface area contributed by atoms with Crippen molar-refractivity contribution in [2.75, 3.05) is 32.8 Å². The Morgan fingerprint density at radius 1 is 1.30 bits per heavy atom. The number of pyridine rings is 1. The van der Waals surface area contributed by atoms with Gasteiger partial charge in [-0.25, -0.2) is 0 Å². The lowest BCUT2D eigenvalue weighted by Crippen LogP contribution is -2.42. The molecule has 1 amide bonds. The molecule has 1 aromatic rings. The fourth-order valence-corrected chi connectivity index (χ4v) is 3.56. The van der Waals surface area contributed by atoms with Crippen LogP contribution >= 0.6 is 0 Å². The van der Waals surface area contributed by atoms with Gasteiger partial charge in [-0.05, 0) is 50.4 Å². The average molecular weight is 317 g/mol. The summed E-state index contributed by atoms with van der Waals surface area (Å²) in [5, 5.41) is 3.18. The molecule has 2 aliphatic rings. The second-order valence-corrected chi connectivity index (χ2v) is 6.53. The van der Waals surface area contributed by atoms with E-state index in [1.165, 1.54) is 24.8 Å². The molecule has 3 heterocycles. The minimum atomic E-state index is 0.111. The smallest absolute Gasteiger partial charge is 0.223 e. The fraction of sp³-hybridized carbons (Fsp3) is 0.667. The van der Waals surface area contributed by atoms with Crippen molar-refractivity contribution in [1.82, 2.24) is 15.2 Å². The van der Waals surface area contributed by atoms with E-state index in [1.54, 1.807) is 6.20 Å². The van der Waals surface area contributed by atoms with Gasteiger partial charge in [0.1, 0.15) is 0 Å². The van der Waals surface area contributed by atoms with Crippen LogP contribution < -0.4 is 5.32 Å². The first-order valence-electron chi connectivity index (χ1n) is 8.84. The summed E-state index contributed by atoms with van der Waals surface area (Å²) in [4.78, 5) is 19.2. The molecule has 23 heavy (non-hydrogen) atoms. The Kier molecular flexibility index (Phi) is 6.00. The van der Waals surface area contributed by atoms with Gasteiger partial charge < -0.3 is 10.1 Å². The first-order chi connectivity index (χ1) is 11.3. The van der Waals surface area contributed by atoms with E-state index in [4.69, 9.17) is 4.74 Å². The van der Waals surface area contributed by atoms with Crippen molar-refractivity contribution in [3.05, 3.63) is 30.1 Å². The molecule has 1 aromatic heterocycles. The van der Waals surface area contributed by atoms with Crippen LogP contribution in [0.4, 0.5) is 0 Å². The van der Waals surface area contributed by atoms with E-state index >= 15 is 0 Å². The fourth-order valence-electron chi connectivity index (χ4n) is 3.56. The number of carbonyl (C=O) groups excluding carboxylic acids is 1. The summed E-state index contributed by atoms with van der Waals surface area (Å²) in [7, 11) is 0. The summed E-state index contributed by atoms with van der Waals surface area (Å²) in [6, 6.07) is 4.33. The topological polar surface area (TPSA) is 54.5 Å². The van der Waals surface area contributed by atoms with E-state index in [0.717, 1.165) is 25.9 Å². The van der Waals surface area contributed by atoms with Crippen molar-refractivity contribution in [2.45, 2.75) is 38.1 Å². The molecule has 2 aliphatic heterocycles. The van der Waals surface area contributed by atoms with Gasteiger partial charge in [-0.2, -0.15) is 0 Å². The molecule has 0 bridgehead atoms. The van der Waals surface area contributed by atoms with E-state index in [2.05, 4.69) is 21.3 Å².